The third-order valence-electron chi connectivity index (χ3n) is 9.91. The van der Waals surface area contributed by atoms with E-state index in [2.05, 4.69) is 61.7 Å². The number of carbonyl (C=O) groups is 3. The van der Waals surface area contributed by atoms with Gasteiger partial charge in [-0.3, -0.25) is 14.4 Å². The summed E-state index contributed by atoms with van der Waals surface area (Å²) in [6.45, 7) is 12.6. The summed E-state index contributed by atoms with van der Waals surface area (Å²) >= 11 is 0. The van der Waals surface area contributed by atoms with Gasteiger partial charge in [-0.15, -0.1) is 25.6 Å². The van der Waals surface area contributed by atoms with Gasteiger partial charge in [-0.2, -0.15) is 5.11 Å². The van der Waals surface area contributed by atoms with Crippen LogP contribution in [0.2, 0.25) is 0 Å². The number of amides is 3. The summed E-state index contributed by atoms with van der Waals surface area (Å²) < 4.78 is 18.8. The Labute approximate surface area is 360 Å². The lowest BCUT2D eigenvalue weighted by Gasteiger charge is -2.19. The zero-order valence-corrected chi connectivity index (χ0v) is 37.4. The zero-order valence-electron chi connectivity index (χ0n) is 36.4. The van der Waals surface area contributed by atoms with Gasteiger partial charge in [-0.05, 0) is 94.2 Å². The zero-order chi connectivity index (χ0) is 43.5. The first kappa shape index (κ1) is 49.2. The standard InChI is InChI=1S/C47H63N6O6Si/c1-7-13-16-25-34(10-4)57-40-31-22-19-28-37(40)44(54)50-48-43(49-51-45(55)38-29-20-23-32-41(38)58-35(11-5)26-17-14-8-2)47(60)53-52-46(56)39-30-21-24-33-42(39)59-36(12-6)27-18-15-9-3/h19-24,28-36H,7-18,25-27H2,1-6H3. The molecule has 13 heteroatoms. The molecule has 0 aliphatic carbocycles. The van der Waals surface area contributed by atoms with E-state index in [0.29, 0.717) is 17.2 Å². The fourth-order valence-electron chi connectivity index (χ4n) is 6.28. The highest BCUT2D eigenvalue weighted by atomic mass is 28.1. The van der Waals surface area contributed by atoms with Crippen LogP contribution in [0.3, 0.4) is 0 Å². The molecule has 3 aromatic carbocycles. The molecule has 60 heavy (non-hydrogen) atoms. The molecular formula is C47H63N6O6Si. The van der Waals surface area contributed by atoms with Gasteiger partial charge in [0.15, 0.2) is 0 Å². The Morgan fingerprint density at radius 1 is 0.450 bits per heavy atom. The normalized spacial score (nSPS) is 13.1. The van der Waals surface area contributed by atoms with Crippen molar-refractivity contribution in [2.45, 2.75) is 156 Å². The van der Waals surface area contributed by atoms with Crippen molar-refractivity contribution >= 4 is 28.0 Å². The van der Waals surface area contributed by atoms with Crippen molar-refractivity contribution in [2.75, 3.05) is 0 Å². The highest BCUT2D eigenvalue weighted by molar-refractivity contribution is 6.21. The molecule has 3 radical (unpaired) electrons. The van der Waals surface area contributed by atoms with Crippen molar-refractivity contribution in [3.63, 3.8) is 0 Å². The van der Waals surface area contributed by atoms with Crippen molar-refractivity contribution in [1.29, 1.82) is 0 Å². The van der Waals surface area contributed by atoms with Crippen molar-refractivity contribution in [2.24, 2.45) is 30.7 Å². The smallest absolute Gasteiger partial charge is 0.299 e. The van der Waals surface area contributed by atoms with Crippen LogP contribution in [0.15, 0.2) is 115 Å². The molecule has 3 atom stereocenters. The van der Waals surface area contributed by atoms with Gasteiger partial charge in [0.05, 0.1) is 40.3 Å². The third kappa shape index (κ3) is 16.8. The number of hydrogen-bond acceptors (Lipinski definition) is 9. The predicted octanol–water partition coefficient (Wildman–Crippen LogP) is 13.4. The lowest BCUT2D eigenvalue weighted by molar-refractivity contribution is 0.0975. The van der Waals surface area contributed by atoms with Crippen LogP contribution in [0.25, 0.3) is 0 Å². The molecule has 321 valence electrons. The van der Waals surface area contributed by atoms with Gasteiger partial charge >= 0.3 is 0 Å². The Hall–Kier alpha value is -5.17. The van der Waals surface area contributed by atoms with Crippen LogP contribution in [-0.2, 0) is 0 Å². The monoisotopic (exact) mass is 835 g/mol. The number of rotatable bonds is 27. The molecule has 0 aliphatic heterocycles. The summed E-state index contributed by atoms with van der Waals surface area (Å²) in [6.07, 6.45) is 14.3. The highest BCUT2D eigenvalue weighted by Gasteiger charge is 2.19. The molecule has 0 aromatic heterocycles. The van der Waals surface area contributed by atoms with Gasteiger partial charge in [0.1, 0.15) is 27.5 Å². The number of benzene rings is 3. The van der Waals surface area contributed by atoms with Gasteiger partial charge < -0.3 is 14.2 Å². The van der Waals surface area contributed by atoms with Crippen LogP contribution in [0, 0.1) is 0 Å². The summed E-state index contributed by atoms with van der Waals surface area (Å²) in [5.74, 6) is -1.35. The number of ether oxygens (including phenoxy) is 3. The minimum absolute atomic E-state index is 0.0647. The van der Waals surface area contributed by atoms with E-state index in [-0.39, 0.29) is 46.1 Å². The van der Waals surface area contributed by atoms with E-state index in [0.717, 1.165) is 96.3 Å². The maximum absolute atomic E-state index is 13.6. The number of para-hydroxylation sites is 3. The second-order valence-electron chi connectivity index (χ2n) is 14.6. The summed E-state index contributed by atoms with van der Waals surface area (Å²) in [5.41, 5.74) is 0.613. The SMILES string of the molecule is CCCCCC(CC)Oc1ccccc1C(=O)N=NC([Si])=C(N=NC(=O)c1ccccc1OC(CC)CCCCC)N=NC(=O)c1ccccc1OC(CC)CCCCC. The Balaban J connectivity index is 1.98. The van der Waals surface area contributed by atoms with Crippen LogP contribution in [0.5, 0.6) is 17.2 Å². The van der Waals surface area contributed by atoms with Crippen LogP contribution in [0.1, 0.15) is 169 Å². The number of azo groups is 3. The fourth-order valence-corrected chi connectivity index (χ4v) is 6.43. The summed E-state index contributed by atoms with van der Waals surface area (Å²) in [4.78, 5) is 40.6. The number of nitrogens with zero attached hydrogens (tertiary/aromatic N) is 6. The Bertz CT molecular complexity index is 1830. The lowest BCUT2D eigenvalue weighted by Crippen LogP contribution is -2.17. The van der Waals surface area contributed by atoms with Gasteiger partial charge in [-0.1, -0.05) is 116 Å². The molecule has 0 saturated heterocycles. The summed E-state index contributed by atoms with van der Waals surface area (Å²) in [5, 5.41) is 23.7. The summed E-state index contributed by atoms with van der Waals surface area (Å²) in [6, 6.07) is 20.5. The topological polar surface area (TPSA) is 153 Å². The predicted molar refractivity (Wildman–Crippen MR) is 236 cm³/mol. The molecule has 3 unspecified atom stereocenters. The Morgan fingerprint density at radius 3 is 1.05 bits per heavy atom. The average molecular weight is 836 g/mol. The quantitative estimate of drug-likeness (QED) is 0.0423. The second-order valence-corrected chi connectivity index (χ2v) is 15.1. The molecule has 0 heterocycles. The molecule has 12 nitrogen and oxygen atoms in total. The van der Waals surface area contributed by atoms with E-state index in [1.165, 1.54) is 0 Å². The molecule has 3 amide bonds. The first-order valence-electron chi connectivity index (χ1n) is 21.8. The van der Waals surface area contributed by atoms with E-state index in [4.69, 9.17) is 14.2 Å². The largest absolute Gasteiger partial charge is 0.490 e. The van der Waals surface area contributed by atoms with Crippen LogP contribution in [-0.4, -0.2) is 46.3 Å². The third-order valence-corrected chi connectivity index (χ3v) is 10.2. The molecule has 0 bridgehead atoms. The second kappa shape index (κ2) is 28.3. The average Bonchev–Trinajstić information content (AvgIpc) is 3.27. The molecule has 0 saturated carbocycles. The maximum Gasteiger partial charge on any atom is 0.299 e. The van der Waals surface area contributed by atoms with Crippen molar-refractivity contribution in [1.82, 2.24) is 0 Å². The van der Waals surface area contributed by atoms with Gasteiger partial charge in [0.25, 0.3) is 17.7 Å². The molecule has 0 aliphatic rings. The van der Waals surface area contributed by atoms with E-state index >= 15 is 0 Å². The first-order chi connectivity index (χ1) is 29.2. The van der Waals surface area contributed by atoms with Gasteiger partial charge in [-0.25, -0.2) is 0 Å². The van der Waals surface area contributed by atoms with Crippen LogP contribution < -0.4 is 14.2 Å². The molecule has 3 aromatic rings. The maximum atomic E-state index is 13.6. The van der Waals surface area contributed by atoms with Crippen molar-refractivity contribution < 1.29 is 28.6 Å². The number of unbranched alkanes of at least 4 members (excludes halogenated alkanes) is 6. The van der Waals surface area contributed by atoms with Gasteiger partial charge in [0, 0.05) is 0 Å². The number of carbonyl (C=O) groups excluding carboxylic acids is 3. The molecule has 3 rings (SSSR count). The van der Waals surface area contributed by atoms with Crippen LogP contribution in [0.4, 0.5) is 0 Å². The van der Waals surface area contributed by atoms with Crippen molar-refractivity contribution in [3.05, 3.63) is 101 Å². The van der Waals surface area contributed by atoms with E-state index in [9.17, 15) is 14.4 Å². The summed E-state index contributed by atoms with van der Waals surface area (Å²) in [7, 11) is 3.36. The first-order valence-corrected chi connectivity index (χ1v) is 22.3. The van der Waals surface area contributed by atoms with E-state index < -0.39 is 17.7 Å². The van der Waals surface area contributed by atoms with E-state index in [1.807, 2.05) is 20.8 Å². The highest BCUT2D eigenvalue weighted by Crippen LogP contribution is 2.27. The minimum Gasteiger partial charge on any atom is -0.490 e. The molecule has 0 N–H and O–H groups in total. The van der Waals surface area contributed by atoms with Gasteiger partial charge in [0.2, 0.25) is 5.82 Å². The minimum atomic E-state index is -0.719. The molecule has 0 spiro atoms. The Kier molecular flexibility index (Phi) is 23.2. The molecule has 0 fully saturated rings. The van der Waals surface area contributed by atoms with Crippen LogP contribution >= 0.6 is 0 Å². The van der Waals surface area contributed by atoms with Crippen molar-refractivity contribution in [3.8, 4) is 17.2 Å². The van der Waals surface area contributed by atoms with E-state index in [1.54, 1.807) is 72.8 Å². The number of hydrogen-bond donors (Lipinski definition) is 0. The fraction of sp³-hybridized carbons (Fsp3) is 0.511. The Morgan fingerprint density at radius 2 is 0.750 bits per heavy atom. The molecular weight excluding hydrogens is 773 g/mol. The lowest BCUT2D eigenvalue weighted by atomic mass is 10.1.